The third kappa shape index (κ3) is 2.15. The summed E-state index contributed by atoms with van der Waals surface area (Å²) >= 11 is 0. The van der Waals surface area contributed by atoms with Crippen LogP contribution in [-0.4, -0.2) is 39.8 Å². The van der Waals surface area contributed by atoms with Crippen LogP contribution in [0.2, 0.25) is 0 Å². The lowest BCUT2D eigenvalue weighted by atomic mass is 10.1. The van der Waals surface area contributed by atoms with Crippen LogP contribution in [0.5, 0.6) is 0 Å². The molecule has 0 saturated carbocycles. The largest absolute Gasteiger partial charge is 0.363 e. The standard InChI is InChI=1S/C11H12FN5/c1-16(2)11(13)8-3-4-10(9(12)7-8)17-6-5-14-15-17/h3-7,13H,1-2H3. The lowest BCUT2D eigenvalue weighted by Gasteiger charge is -2.14. The van der Waals surface area contributed by atoms with Gasteiger partial charge < -0.3 is 4.90 Å². The van der Waals surface area contributed by atoms with Crippen molar-refractivity contribution in [2.24, 2.45) is 0 Å². The number of halogens is 1. The van der Waals surface area contributed by atoms with Crippen LogP contribution >= 0.6 is 0 Å². The Morgan fingerprint density at radius 3 is 2.71 bits per heavy atom. The Morgan fingerprint density at radius 1 is 1.41 bits per heavy atom. The van der Waals surface area contributed by atoms with Gasteiger partial charge in [0.15, 0.2) is 0 Å². The number of aromatic nitrogens is 3. The summed E-state index contributed by atoms with van der Waals surface area (Å²) < 4.78 is 15.2. The van der Waals surface area contributed by atoms with Crippen molar-refractivity contribution in [3.63, 3.8) is 0 Å². The maximum Gasteiger partial charge on any atom is 0.149 e. The number of nitrogens with zero attached hydrogens (tertiary/aromatic N) is 4. The SMILES string of the molecule is CN(C)C(=N)c1ccc(-n2ccnn2)c(F)c1. The smallest absolute Gasteiger partial charge is 0.149 e. The quantitative estimate of drug-likeness (QED) is 0.628. The fourth-order valence-electron chi connectivity index (χ4n) is 1.43. The zero-order valence-corrected chi connectivity index (χ0v) is 9.55. The van der Waals surface area contributed by atoms with Crippen LogP contribution in [0.1, 0.15) is 5.56 Å². The predicted molar refractivity (Wildman–Crippen MR) is 61.8 cm³/mol. The van der Waals surface area contributed by atoms with Crippen LogP contribution in [-0.2, 0) is 0 Å². The Morgan fingerprint density at radius 2 is 2.18 bits per heavy atom. The zero-order valence-electron chi connectivity index (χ0n) is 9.55. The van der Waals surface area contributed by atoms with Crippen molar-refractivity contribution in [1.82, 2.24) is 19.9 Å². The molecule has 0 atom stereocenters. The first kappa shape index (κ1) is 11.3. The van der Waals surface area contributed by atoms with Crippen molar-refractivity contribution in [3.8, 4) is 5.69 Å². The lowest BCUT2D eigenvalue weighted by molar-refractivity contribution is 0.600. The summed E-state index contributed by atoms with van der Waals surface area (Å²) in [6.07, 6.45) is 3.05. The third-order valence-corrected chi connectivity index (χ3v) is 2.34. The van der Waals surface area contributed by atoms with E-state index in [-0.39, 0.29) is 5.84 Å². The van der Waals surface area contributed by atoms with E-state index in [0.717, 1.165) is 0 Å². The minimum absolute atomic E-state index is 0.258. The zero-order chi connectivity index (χ0) is 12.4. The van der Waals surface area contributed by atoms with E-state index in [1.54, 1.807) is 37.3 Å². The van der Waals surface area contributed by atoms with Gasteiger partial charge in [-0.25, -0.2) is 9.07 Å². The molecule has 2 aromatic rings. The Bertz CT molecular complexity index is 533. The van der Waals surface area contributed by atoms with Gasteiger partial charge in [0.1, 0.15) is 17.3 Å². The summed E-state index contributed by atoms with van der Waals surface area (Å²) in [5.74, 6) is -0.173. The molecule has 0 radical (unpaired) electrons. The molecule has 1 N–H and O–H groups in total. The summed E-state index contributed by atoms with van der Waals surface area (Å²) in [5, 5.41) is 15.1. The van der Waals surface area contributed by atoms with E-state index in [9.17, 15) is 4.39 Å². The maximum absolute atomic E-state index is 13.8. The molecule has 1 aromatic heterocycles. The van der Waals surface area contributed by atoms with Crippen molar-refractivity contribution in [2.75, 3.05) is 14.1 Å². The second kappa shape index (κ2) is 4.32. The van der Waals surface area contributed by atoms with Gasteiger partial charge in [0, 0.05) is 19.7 Å². The van der Waals surface area contributed by atoms with Crippen LogP contribution in [0.3, 0.4) is 0 Å². The van der Waals surface area contributed by atoms with Crippen molar-refractivity contribution in [1.29, 1.82) is 5.41 Å². The molecule has 0 aliphatic rings. The van der Waals surface area contributed by atoms with E-state index in [0.29, 0.717) is 11.3 Å². The molecule has 1 aromatic carbocycles. The van der Waals surface area contributed by atoms with Crippen LogP contribution in [0.4, 0.5) is 4.39 Å². The van der Waals surface area contributed by atoms with E-state index >= 15 is 0 Å². The van der Waals surface area contributed by atoms with E-state index in [1.807, 2.05) is 0 Å². The summed E-state index contributed by atoms with van der Waals surface area (Å²) in [6.45, 7) is 0. The van der Waals surface area contributed by atoms with Gasteiger partial charge in [0.05, 0.1) is 12.4 Å². The molecule has 1 heterocycles. The molecule has 0 saturated heterocycles. The Kier molecular flexibility index (Phi) is 2.86. The molecule has 0 amide bonds. The number of benzene rings is 1. The molecular formula is C11H12FN5. The van der Waals surface area contributed by atoms with E-state index in [2.05, 4.69) is 10.3 Å². The first-order valence-corrected chi connectivity index (χ1v) is 5.02. The van der Waals surface area contributed by atoms with Gasteiger partial charge in [-0.3, -0.25) is 5.41 Å². The Balaban J connectivity index is 2.39. The molecule has 0 unspecified atom stereocenters. The van der Waals surface area contributed by atoms with Gasteiger partial charge in [-0.05, 0) is 18.2 Å². The average molecular weight is 233 g/mol. The monoisotopic (exact) mass is 233 g/mol. The first-order chi connectivity index (χ1) is 8.09. The predicted octanol–water partition coefficient (Wildman–Crippen LogP) is 1.29. The normalized spacial score (nSPS) is 10.3. The molecule has 6 heteroatoms. The second-order valence-electron chi connectivity index (χ2n) is 3.76. The number of hydrogen-bond donors (Lipinski definition) is 1. The van der Waals surface area contributed by atoms with Gasteiger partial charge in [0.2, 0.25) is 0 Å². The lowest BCUT2D eigenvalue weighted by Crippen LogP contribution is -2.22. The van der Waals surface area contributed by atoms with Crippen LogP contribution < -0.4 is 0 Å². The highest BCUT2D eigenvalue weighted by atomic mass is 19.1. The number of nitrogens with one attached hydrogen (secondary N) is 1. The fraction of sp³-hybridized carbons (Fsp3) is 0.182. The van der Waals surface area contributed by atoms with Gasteiger partial charge in [-0.2, -0.15) is 0 Å². The highest BCUT2D eigenvalue weighted by Crippen LogP contribution is 2.14. The third-order valence-electron chi connectivity index (χ3n) is 2.34. The molecule has 0 spiro atoms. The molecule has 17 heavy (non-hydrogen) atoms. The highest BCUT2D eigenvalue weighted by molar-refractivity contribution is 5.96. The van der Waals surface area contributed by atoms with Crippen molar-refractivity contribution < 1.29 is 4.39 Å². The second-order valence-corrected chi connectivity index (χ2v) is 3.76. The minimum Gasteiger partial charge on any atom is -0.363 e. The summed E-state index contributed by atoms with van der Waals surface area (Å²) in [7, 11) is 3.48. The fourth-order valence-corrected chi connectivity index (χ4v) is 1.43. The number of hydrogen-bond acceptors (Lipinski definition) is 3. The van der Waals surface area contributed by atoms with E-state index in [1.165, 1.54) is 16.9 Å². The van der Waals surface area contributed by atoms with Gasteiger partial charge in [-0.15, -0.1) is 5.10 Å². The van der Waals surface area contributed by atoms with Crippen molar-refractivity contribution in [2.45, 2.75) is 0 Å². The number of rotatable bonds is 2. The summed E-state index contributed by atoms with van der Waals surface area (Å²) in [6, 6.07) is 4.58. The Labute approximate surface area is 98.0 Å². The molecule has 5 nitrogen and oxygen atoms in total. The summed E-state index contributed by atoms with van der Waals surface area (Å²) in [5.41, 5.74) is 0.842. The van der Waals surface area contributed by atoms with Crippen LogP contribution in [0, 0.1) is 11.2 Å². The molecule has 88 valence electrons. The maximum atomic E-state index is 13.8. The molecule has 0 bridgehead atoms. The van der Waals surface area contributed by atoms with Gasteiger partial charge in [-0.1, -0.05) is 5.21 Å². The number of amidine groups is 1. The topological polar surface area (TPSA) is 57.8 Å². The van der Waals surface area contributed by atoms with E-state index in [4.69, 9.17) is 5.41 Å². The van der Waals surface area contributed by atoms with Crippen LogP contribution in [0.25, 0.3) is 5.69 Å². The Hall–Kier alpha value is -2.24. The van der Waals surface area contributed by atoms with Gasteiger partial charge in [0.25, 0.3) is 0 Å². The highest BCUT2D eigenvalue weighted by Gasteiger charge is 2.09. The minimum atomic E-state index is -0.431. The molecule has 2 rings (SSSR count). The summed E-state index contributed by atoms with van der Waals surface area (Å²) in [4.78, 5) is 1.61. The molecule has 0 fully saturated rings. The molecule has 0 aliphatic heterocycles. The average Bonchev–Trinajstić information content (AvgIpc) is 2.81. The first-order valence-electron chi connectivity index (χ1n) is 5.02. The van der Waals surface area contributed by atoms with E-state index < -0.39 is 5.82 Å². The molecule has 0 aliphatic carbocycles. The van der Waals surface area contributed by atoms with Crippen LogP contribution in [0.15, 0.2) is 30.6 Å². The van der Waals surface area contributed by atoms with Crippen molar-refractivity contribution in [3.05, 3.63) is 42.0 Å². The van der Waals surface area contributed by atoms with Crippen molar-refractivity contribution >= 4 is 5.84 Å². The van der Waals surface area contributed by atoms with Gasteiger partial charge >= 0.3 is 0 Å². The molecular weight excluding hydrogens is 221 g/mol.